The van der Waals surface area contributed by atoms with E-state index in [0.717, 1.165) is 0 Å². The molecule has 0 radical (unpaired) electrons. The van der Waals surface area contributed by atoms with E-state index in [9.17, 15) is 13.2 Å². The maximum absolute atomic E-state index is 11.1. The van der Waals surface area contributed by atoms with Crippen LogP contribution in [0.15, 0.2) is 0 Å². The van der Waals surface area contributed by atoms with Crippen LogP contribution in [-0.4, -0.2) is 31.6 Å². The molecule has 0 saturated heterocycles. The fraction of sp³-hybridized carbons (Fsp3) is 0.857. The maximum Gasteiger partial charge on any atom is 0.221 e. The molecule has 0 atom stereocenters. The lowest BCUT2D eigenvalue weighted by Gasteiger charge is -2.08. The third-order valence-corrected chi connectivity index (χ3v) is 4.01. The molecule has 0 aromatic carbocycles. The van der Waals surface area contributed by atoms with Gasteiger partial charge in [-0.05, 0) is 13.8 Å². The van der Waals surface area contributed by atoms with Crippen LogP contribution in [0.2, 0.25) is 0 Å². The van der Waals surface area contributed by atoms with Gasteiger partial charge in [0.05, 0.1) is 0 Å². The zero-order valence-corrected chi connectivity index (χ0v) is 10.6. The lowest BCUT2D eigenvalue weighted by molar-refractivity contribution is -0.121. The second-order valence-corrected chi connectivity index (χ2v) is 6.20. The van der Waals surface area contributed by atoms with E-state index in [4.69, 9.17) is 0 Å². The number of alkyl halides is 1. The fourth-order valence-corrected chi connectivity index (χ4v) is 1.73. The molecule has 0 rings (SSSR count). The van der Waals surface area contributed by atoms with Crippen molar-refractivity contribution >= 4 is 31.9 Å². The Morgan fingerprint density at radius 1 is 1.43 bits per heavy atom. The average molecular weight is 287 g/mol. The number of sulfonamides is 1. The first-order chi connectivity index (χ1) is 6.37. The number of carbonyl (C=O) groups excluding carboxylic acids is 1. The number of carbonyl (C=O) groups is 1. The molecule has 0 aromatic rings. The fourth-order valence-electron chi connectivity index (χ4n) is 0.753. The van der Waals surface area contributed by atoms with Gasteiger partial charge in [-0.3, -0.25) is 4.79 Å². The van der Waals surface area contributed by atoms with Crippen LogP contribution in [0.5, 0.6) is 0 Å². The summed E-state index contributed by atoms with van der Waals surface area (Å²) in [6, 6.07) is 0.0790. The van der Waals surface area contributed by atoms with E-state index in [1.54, 1.807) is 0 Å². The Morgan fingerprint density at radius 2 is 2.00 bits per heavy atom. The van der Waals surface area contributed by atoms with Gasteiger partial charge >= 0.3 is 0 Å². The van der Waals surface area contributed by atoms with Crippen molar-refractivity contribution < 1.29 is 13.2 Å². The third kappa shape index (κ3) is 7.28. The zero-order valence-electron chi connectivity index (χ0n) is 8.21. The molecule has 14 heavy (non-hydrogen) atoms. The van der Waals surface area contributed by atoms with E-state index in [-0.39, 0.29) is 29.6 Å². The van der Waals surface area contributed by atoms with E-state index in [0.29, 0.717) is 0 Å². The largest absolute Gasteiger partial charge is 0.354 e. The summed E-state index contributed by atoms with van der Waals surface area (Å²) in [7, 11) is -3.26. The number of rotatable bonds is 6. The molecule has 0 heterocycles. The summed E-state index contributed by atoms with van der Waals surface area (Å²) >= 11 is 2.83. The highest BCUT2D eigenvalue weighted by molar-refractivity contribution is 9.10. The maximum atomic E-state index is 11.1. The summed E-state index contributed by atoms with van der Waals surface area (Å²) in [5.41, 5.74) is 0. The second kappa shape index (κ2) is 6.36. The van der Waals surface area contributed by atoms with Gasteiger partial charge in [0.2, 0.25) is 15.9 Å². The Labute approximate surface area is 92.8 Å². The summed E-state index contributed by atoms with van der Waals surface area (Å²) < 4.78 is 24.0. The minimum Gasteiger partial charge on any atom is -0.354 e. The van der Waals surface area contributed by atoms with E-state index < -0.39 is 10.0 Å². The molecule has 0 aliphatic carbocycles. The first kappa shape index (κ1) is 13.9. The van der Waals surface area contributed by atoms with Crippen LogP contribution in [-0.2, 0) is 14.8 Å². The summed E-state index contributed by atoms with van der Waals surface area (Å²) in [4.78, 5) is 11.1. The van der Waals surface area contributed by atoms with Gasteiger partial charge in [-0.25, -0.2) is 13.1 Å². The van der Waals surface area contributed by atoms with E-state index in [1.807, 2.05) is 13.8 Å². The van der Waals surface area contributed by atoms with Gasteiger partial charge in [0.1, 0.15) is 4.66 Å². The average Bonchev–Trinajstić information content (AvgIpc) is 2.02. The standard InChI is InChI=1S/C7H15BrN2O3S/c1-6(2)10-7(11)3-4-9-14(12,13)5-8/h6,9H,3-5H2,1-2H3,(H,10,11). The normalized spacial score (nSPS) is 11.7. The molecule has 2 N–H and O–H groups in total. The van der Waals surface area contributed by atoms with Crippen molar-refractivity contribution in [3.05, 3.63) is 0 Å². The van der Waals surface area contributed by atoms with Gasteiger partial charge in [-0.1, -0.05) is 15.9 Å². The zero-order chi connectivity index (χ0) is 11.2. The minimum absolute atomic E-state index is 0.0790. The van der Waals surface area contributed by atoms with Gasteiger partial charge in [0.15, 0.2) is 0 Å². The smallest absolute Gasteiger partial charge is 0.221 e. The molecule has 7 heteroatoms. The molecule has 84 valence electrons. The van der Waals surface area contributed by atoms with Crippen molar-refractivity contribution in [3.8, 4) is 0 Å². The molecule has 0 fully saturated rings. The Bertz CT molecular complexity index is 277. The molecule has 1 amide bonds. The lowest BCUT2D eigenvalue weighted by Crippen LogP contribution is -2.34. The lowest BCUT2D eigenvalue weighted by atomic mass is 10.3. The predicted octanol–water partition coefficient (Wildman–Crippen LogP) is 0.173. The molecule has 5 nitrogen and oxygen atoms in total. The van der Waals surface area contributed by atoms with Crippen LogP contribution in [0.1, 0.15) is 20.3 Å². The quantitative estimate of drug-likeness (QED) is 0.684. The molecule has 0 aliphatic rings. The monoisotopic (exact) mass is 286 g/mol. The molecule has 0 spiro atoms. The Morgan fingerprint density at radius 3 is 2.43 bits per heavy atom. The highest BCUT2D eigenvalue weighted by Crippen LogP contribution is 1.91. The van der Waals surface area contributed by atoms with Crippen LogP contribution >= 0.6 is 15.9 Å². The number of amides is 1. The molecular formula is C7H15BrN2O3S. The number of hydrogen-bond donors (Lipinski definition) is 2. The van der Waals surface area contributed by atoms with Gasteiger partial charge in [0, 0.05) is 19.0 Å². The van der Waals surface area contributed by atoms with Crippen molar-refractivity contribution in [1.29, 1.82) is 0 Å². The van der Waals surface area contributed by atoms with Gasteiger partial charge < -0.3 is 5.32 Å². The topological polar surface area (TPSA) is 75.3 Å². The van der Waals surface area contributed by atoms with E-state index >= 15 is 0 Å². The Kier molecular flexibility index (Phi) is 6.30. The molecular weight excluding hydrogens is 272 g/mol. The van der Waals surface area contributed by atoms with Gasteiger partial charge in [-0.15, -0.1) is 0 Å². The third-order valence-electron chi connectivity index (χ3n) is 1.27. The van der Waals surface area contributed by atoms with E-state index in [1.165, 1.54) is 0 Å². The minimum atomic E-state index is -3.26. The van der Waals surface area contributed by atoms with Crippen LogP contribution < -0.4 is 10.0 Å². The van der Waals surface area contributed by atoms with Crippen LogP contribution in [0, 0.1) is 0 Å². The number of hydrogen-bond acceptors (Lipinski definition) is 3. The van der Waals surface area contributed by atoms with E-state index in [2.05, 4.69) is 26.0 Å². The number of nitrogens with one attached hydrogen (secondary N) is 2. The Balaban J connectivity index is 3.70. The molecule has 0 unspecified atom stereocenters. The van der Waals surface area contributed by atoms with Crippen molar-refractivity contribution in [2.75, 3.05) is 11.2 Å². The van der Waals surface area contributed by atoms with Gasteiger partial charge in [-0.2, -0.15) is 0 Å². The summed E-state index contributed by atoms with van der Waals surface area (Å²) in [6.45, 7) is 3.83. The van der Waals surface area contributed by atoms with Crippen LogP contribution in [0.3, 0.4) is 0 Å². The molecule has 0 saturated carbocycles. The molecule has 0 aliphatic heterocycles. The SMILES string of the molecule is CC(C)NC(=O)CCNS(=O)(=O)CBr. The molecule has 0 aromatic heterocycles. The Hall–Kier alpha value is -0.140. The summed E-state index contributed by atoms with van der Waals surface area (Å²) in [5, 5.41) is 2.66. The van der Waals surface area contributed by atoms with Crippen molar-refractivity contribution in [3.63, 3.8) is 0 Å². The second-order valence-electron chi connectivity index (χ2n) is 3.09. The first-order valence-corrected chi connectivity index (χ1v) is 6.97. The van der Waals surface area contributed by atoms with Crippen LogP contribution in [0.4, 0.5) is 0 Å². The van der Waals surface area contributed by atoms with Crippen molar-refractivity contribution in [1.82, 2.24) is 10.0 Å². The highest BCUT2D eigenvalue weighted by atomic mass is 79.9. The van der Waals surface area contributed by atoms with Crippen LogP contribution in [0.25, 0.3) is 0 Å². The number of halogens is 1. The van der Waals surface area contributed by atoms with Crippen molar-refractivity contribution in [2.24, 2.45) is 0 Å². The first-order valence-electron chi connectivity index (χ1n) is 4.20. The van der Waals surface area contributed by atoms with Gasteiger partial charge in [0.25, 0.3) is 0 Å². The highest BCUT2D eigenvalue weighted by Gasteiger charge is 2.08. The predicted molar refractivity (Wildman–Crippen MR) is 58.6 cm³/mol. The summed E-state index contributed by atoms with van der Waals surface area (Å²) in [5.74, 6) is -0.155. The summed E-state index contributed by atoms with van der Waals surface area (Å²) in [6.07, 6.45) is 0.157. The van der Waals surface area contributed by atoms with Crippen molar-refractivity contribution in [2.45, 2.75) is 26.3 Å². The molecule has 0 bridgehead atoms.